The number of hydrogen-bond donors (Lipinski definition) is 1. The van der Waals surface area contributed by atoms with Gasteiger partial charge in [-0.25, -0.2) is 0 Å². The first-order valence-electron chi connectivity index (χ1n) is 3.41. The zero-order valence-electron chi connectivity index (χ0n) is 5.63. The molecule has 0 saturated carbocycles. The van der Waals surface area contributed by atoms with Crippen molar-refractivity contribution in [1.82, 2.24) is 5.32 Å². The van der Waals surface area contributed by atoms with Gasteiger partial charge in [-0.05, 0) is 12.5 Å². The van der Waals surface area contributed by atoms with Crippen molar-refractivity contribution in [3.63, 3.8) is 0 Å². The highest BCUT2D eigenvalue weighted by Crippen LogP contribution is 2.27. The van der Waals surface area contributed by atoms with Gasteiger partial charge in [0.15, 0.2) is 0 Å². The van der Waals surface area contributed by atoms with Gasteiger partial charge in [-0.1, -0.05) is 18.2 Å². The third kappa shape index (κ3) is 0.991. The van der Waals surface area contributed by atoms with Crippen LogP contribution in [0.1, 0.15) is 6.42 Å². The highest BCUT2D eigenvalue weighted by molar-refractivity contribution is 8.03. The Morgan fingerprint density at radius 2 is 2.20 bits per heavy atom. The fraction of sp³-hybridized carbons (Fsp3) is 0.250. The molecule has 0 fully saturated rings. The zero-order valence-corrected chi connectivity index (χ0v) is 6.45. The van der Waals surface area contributed by atoms with Gasteiger partial charge < -0.3 is 5.32 Å². The summed E-state index contributed by atoms with van der Waals surface area (Å²) in [4.78, 5) is 1.38. The summed E-state index contributed by atoms with van der Waals surface area (Å²) in [6.07, 6.45) is 9.79. The SMILES string of the molecule is C1=CC2=C(C=CC1)SCN2. The van der Waals surface area contributed by atoms with E-state index >= 15 is 0 Å². The second kappa shape index (κ2) is 2.54. The van der Waals surface area contributed by atoms with E-state index in [1.54, 1.807) is 0 Å². The van der Waals surface area contributed by atoms with Crippen LogP contribution >= 0.6 is 11.8 Å². The van der Waals surface area contributed by atoms with E-state index in [1.807, 2.05) is 11.8 Å². The molecule has 0 aromatic heterocycles. The lowest BCUT2D eigenvalue weighted by molar-refractivity contribution is 1.02. The van der Waals surface area contributed by atoms with Crippen LogP contribution in [0, 0.1) is 0 Å². The van der Waals surface area contributed by atoms with Crippen LogP contribution in [0.2, 0.25) is 0 Å². The summed E-state index contributed by atoms with van der Waals surface area (Å²) >= 11 is 1.87. The van der Waals surface area contributed by atoms with E-state index in [-0.39, 0.29) is 0 Å². The second-order valence-electron chi connectivity index (χ2n) is 2.28. The minimum Gasteiger partial charge on any atom is -0.375 e. The Bertz CT molecular complexity index is 203. The van der Waals surface area contributed by atoms with E-state index in [1.165, 1.54) is 10.6 Å². The van der Waals surface area contributed by atoms with Crippen LogP contribution in [0.4, 0.5) is 0 Å². The van der Waals surface area contributed by atoms with Crippen molar-refractivity contribution < 1.29 is 0 Å². The molecule has 0 atom stereocenters. The van der Waals surface area contributed by atoms with Crippen molar-refractivity contribution in [3.05, 3.63) is 34.9 Å². The van der Waals surface area contributed by atoms with Gasteiger partial charge in [0.05, 0.1) is 5.88 Å². The summed E-state index contributed by atoms with van der Waals surface area (Å²) in [5.74, 6) is 1.03. The lowest BCUT2D eigenvalue weighted by Gasteiger charge is -1.92. The van der Waals surface area contributed by atoms with Crippen LogP contribution in [0.5, 0.6) is 0 Å². The Kier molecular flexibility index (Phi) is 1.55. The second-order valence-corrected chi connectivity index (χ2v) is 3.30. The highest BCUT2D eigenvalue weighted by Gasteiger charge is 2.09. The number of allylic oxidation sites excluding steroid dienone is 4. The van der Waals surface area contributed by atoms with Gasteiger partial charge in [-0.3, -0.25) is 0 Å². The molecule has 0 bridgehead atoms. The molecule has 1 N–H and O–H groups in total. The first kappa shape index (κ1) is 6.10. The predicted octanol–water partition coefficient (Wildman–Crippen LogP) is 2.01. The van der Waals surface area contributed by atoms with E-state index < -0.39 is 0 Å². The number of rotatable bonds is 0. The standard InChI is InChI=1S/C8H9NS/c1-2-4-7-8(5-3-1)10-6-9-7/h2-5,9H,1,6H2. The molecule has 1 nitrogen and oxygen atoms in total. The number of hydrogen-bond acceptors (Lipinski definition) is 2. The summed E-state index contributed by atoms with van der Waals surface area (Å²) < 4.78 is 0. The maximum absolute atomic E-state index is 3.30. The molecule has 2 aliphatic rings. The molecular formula is C8H9NS. The van der Waals surface area contributed by atoms with Crippen LogP contribution < -0.4 is 5.32 Å². The third-order valence-electron chi connectivity index (χ3n) is 1.58. The fourth-order valence-corrected chi connectivity index (χ4v) is 1.95. The Labute approximate surface area is 64.9 Å². The molecule has 2 rings (SSSR count). The van der Waals surface area contributed by atoms with E-state index in [9.17, 15) is 0 Å². The van der Waals surface area contributed by atoms with Gasteiger partial charge in [-0.2, -0.15) is 0 Å². The molecule has 1 heterocycles. The van der Waals surface area contributed by atoms with Crippen molar-refractivity contribution >= 4 is 11.8 Å². The number of thioether (sulfide) groups is 1. The first-order valence-corrected chi connectivity index (χ1v) is 4.39. The lowest BCUT2D eigenvalue weighted by atomic mass is 10.3. The van der Waals surface area contributed by atoms with E-state index in [2.05, 4.69) is 29.6 Å². The Hall–Kier alpha value is -0.630. The average molecular weight is 151 g/mol. The van der Waals surface area contributed by atoms with Gasteiger partial charge in [0.1, 0.15) is 0 Å². The fourth-order valence-electron chi connectivity index (χ4n) is 1.07. The van der Waals surface area contributed by atoms with E-state index in [0.717, 1.165) is 12.3 Å². The maximum Gasteiger partial charge on any atom is 0.0658 e. The topological polar surface area (TPSA) is 12.0 Å². The van der Waals surface area contributed by atoms with Gasteiger partial charge in [0.2, 0.25) is 0 Å². The summed E-state index contributed by atoms with van der Waals surface area (Å²) in [6, 6.07) is 0. The lowest BCUT2D eigenvalue weighted by Crippen LogP contribution is -2.03. The van der Waals surface area contributed by atoms with Crippen molar-refractivity contribution in [1.29, 1.82) is 0 Å². The molecule has 10 heavy (non-hydrogen) atoms. The molecule has 0 aromatic rings. The van der Waals surface area contributed by atoms with Gasteiger partial charge in [0.25, 0.3) is 0 Å². The first-order chi connectivity index (χ1) is 4.97. The quantitative estimate of drug-likeness (QED) is 0.568. The molecule has 0 spiro atoms. The molecule has 0 amide bonds. The van der Waals surface area contributed by atoms with E-state index in [0.29, 0.717) is 0 Å². The summed E-state index contributed by atoms with van der Waals surface area (Å²) in [6.45, 7) is 0. The maximum atomic E-state index is 3.30. The van der Waals surface area contributed by atoms with Crippen LogP contribution in [0.3, 0.4) is 0 Å². The van der Waals surface area contributed by atoms with Gasteiger partial charge in [-0.15, -0.1) is 11.8 Å². The molecule has 0 unspecified atom stereocenters. The largest absolute Gasteiger partial charge is 0.375 e. The Morgan fingerprint density at radius 3 is 3.20 bits per heavy atom. The Balaban J connectivity index is 2.34. The highest BCUT2D eigenvalue weighted by atomic mass is 32.2. The van der Waals surface area contributed by atoms with Crippen LogP contribution in [0.25, 0.3) is 0 Å². The third-order valence-corrected chi connectivity index (χ3v) is 2.54. The normalized spacial score (nSPS) is 22.4. The molecular weight excluding hydrogens is 142 g/mol. The van der Waals surface area contributed by atoms with Crippen molar-refractivity contribution in [3.8, 4) is 0 Å². The average Bonchev–Trinajstić information content (AvgIpc) is 2.28. The molecule has 1 aliphatic carbocycles. The van der Waals surface area contributed by atoms with Crippen molar-refractivity contribution in [2.75, 3.05) is 5.88 Å². The molecule has 0 saturated heterocycles. The number of nitrogens with one attached hydrogen (secondary N) is 1. The van der Waals surface area contributed by atoms with Crippen LogP contribution in [-0.4, -0.2) is 5.88 Å². The predicted molar refractivity (Wildman–Crippen MR) is 45.5 cm³/mol. The molecule has 2 heteroatoms. The molecule has 52 valence electrons. The molecule has 0 aromatic carbocycles. The smallest absolute Gasteiger partial charge is 0.0658 e. The van der Waals surface area contributed by atoms with E-state index in [4.69, 9.17) is 0 Å². The summed E-state index contributed by atoms with van der Waals surface area (Å²) in [7, 11) is 0. The van der Waals surface area contributed by atoms with Gasteiger partial charge in [0, 0.05) is 10.6 Å². The zero-order chi connectivity index (χ0) is 6.81. The Morgan fingerprint density at radius 1 is 1.30 bits per heavy atom. The van der Waals surface area contributed by atoms with Crippen molar-refractivity contribution in [2.45, 2.75) is 6.42 Å². The van der Waals surface area contributed by atoms with Crippen molar-refractivity contribution in [2.24, 2.45) is 0 Å². The molecule has 1 aliphatic heterocycles. The minimum absolute atomic E-state index is 1.03. The van der Waals surface area contributed by atoms with Crippen LogP contribution in [0.15, 0.2) is 34.9 Å². The summed E-state index contributed by atoms with van der Waals surface area (Å²) in [5.41, 5.74) is 1.29. The summed E-state index contributed by atoms with van der Waals surface area (Å²) in [5, 5.41) is 3.30. The molecule has 0 radical (unpaired) electrons. The van der Waals surface area contributed by atoms with Gasteiger partial charge >= 0.3 is 0 Å². The minimum atomic E-state index is 1.03. The van der Waals surface area contributed by atoms with Crippen LogP contribution in [-0.2, 0) is 0 Å². The monoisotopic (exact) mass is 151 g/mol.